The monoisotopic (exact) mass is 284 g/mol. The van der Waals surface area contributed by atoms with E-state index in [4.69, 9.17) is 0 Å². The van der Waals surface area contributed by atoms with Crippen LogP contribution in [-0.2, 0) is 6.42 Å². The Balaban J connectivity index is 2.06. The zero-order valence-electron chi connectivity index (χ0n) is 12.6. The van der Waals surface area contributed by atoms with Crippen LogP contribution in [0.25, 0.3) is 0 Å². The molecule has 0 spiro atoms. The summed E-state index contributed by atoms with van der Waals surface area (Å²) in [7, 11) is 0. The van der Waals surface area contributed by atoms with E-state index >= 15 is 0 Å². The minimum Gasteiger partial charge on any atom is -0.341 e. The molecule has 1 atom stereocenters. The van der Waals surface area contributed by atoms with E-state index in [0.717, 1.165) is 30.8 Å². The Bertz CT molecular complexity index is 639. The third kappa shape index (κ3) is 2.54. The molecule has 0 aliphatic carbocycles. The maximum Gasteiger partial charge on any atom is 0.130 e. The molecular formula is C18H21FN2. The maximum atomic E-state index is 14.4. The van der Waals surface area contributed by atoms with Gasteiger partial charge in [0.05, 0.1) is 0 Å². The molecule has 0 fully saturated rings. The van der Waals surface area contributed by atoms with Gasteiger partial charge in [-0.05, 0) is 43.7 Å². The van der Waals surface area contributed by atoms with Gasteiger partial charge in [-0.1, -0.05) is 31.2 Å². The zero-order valence-corrected chi connectivity index (χ0v) is 12.6. The highest BCUT2D eigenvalue weighted by Crippen LogP contribution is 2.38. The van der Waals surface area contributed by atoms with Crippen molar-refractivity contribution in [3.05, 3.63) is 59.4 Å². The molecule has 0 saturated heterocycles. The number of hydrogen-bond donors (Lipinski definition) is 1. The molecule has 0 saturated carbocycles. The van der Waals surface area contributed by atoms with E-state index < -0.39 is 0 Å². The Hall–Kier alpha value is -1.87. The highest BCUT2D eigenvalue weighted by Gasteiger charge is 2.25. The Morgan fingerprint density at radius 3 is 2.71 bits per heavy atom. The number of benzene rings is 2. The lowest BCUT2D eigenvalue weighted by atomic mass is 10.0. The number of nitrogens with zero attached hydrogens (tertiary/aromatic N) is 1. The van der Waals surface area contributed by atoms with Crippen molar-refractivity contribution < 1.29 is 4.39 Å². The number of fused-ring (bicyclic) bond motifs is 1. The van der Waals surface area contributed by atoms with Crippen LogP contribution in [0.4, 0.5) is 15.8 Å². The summed E-state index contributed by atoms with van der Waals surface area (Å²) in [6.07, 6.45) is 1.02. The van der Waals surface area contributed by atoms with Crippen LogP contribution in [0.15, 0.2) is 42.5 Å². The number of hydrogen-bond acceptors (Lipinski definition) is 2. The van der Waals surface area contributed by atoms with E-state index in [9.17, 15) is 4.39 Å². The van der Waals surface area contributed by atoms with Crippen molar-refractivity contribution in [1.82, 2.24) is 5.32 Å². The Morgan fingerprint density at radius 2 is 1.90 bits per heavy atom. The number of nitrogens with one attached hydrogen (secondary N) is 1. The second-order valence-corrected chi connectivity index (χ2v) is 5.48. The molecule has 1 N–H and O–H groups in total. The summed E-state index contributed by atoms with van der Waals surface area (Å²) in [4.78, 5) is 2.24. The second kappa shape index (κ2) is 5.86. The summed E-state index contributed by atoms with van der Waals surface area (Å²) < 4.78 is 14.4. The van der Waals surface area contributed by atoms with Crippen LogP contribution in [-0.4, -0.2) is 13.1 Å². The molecule has 2 aromatic carbocycles. The first-order valence-electron chi connectivity index (χ1n) is 7.59. The van der Waals surface area contributed by atoms with E-state index in [2.05, 4.69) is 28.4 Å². The molecule has 0 aromatic heterocycles. The molecule has 1 aliphatic rings. The number of halogens is 1. The van der Waals surface area contributed by atoms with Crippen molar-refractivity contribution in [3.8, 4) is 0 Å². The number of para-hydroxylation sites is 1. The molecule has 0 amide bonds. The normalized spacial score (nSPS) is 15.1. The zero-order chi connectivity index (χ0) is 14.8. The molecule has 3 rings (SSSR count). The summed E-state index contributed by atoms with van der Waals surface area (Å²) in [5.41, 5.74) is 4.28. The third-order valence-corrected chi connectivity index (χ3v) is 4.15. The molecule has 110 valence electrons. The highest BCUT2D eigenvalue weighted by atomic mass is 19.1. The molecule has 21 heavy (non-hydrogen) atoms. The first-order valence-corrected chi connectivity index (χ1v) is 7.59. The van der Waals surface area contributed by atoms with Gasteiger partial charge in [0.15, 0.2) is 0 Å². The number of anilines is 2. The number of rotatable bonds is 4. The maximum absolute atomic E-state index is 14.4. The fourth-order valence-electron chi connectivity index (χ4n) is 3.19. The van der Waals surface area contributed by atoms with Crippen LogP contribution in [0.5, 0.6) is 0 Å². The largest absolute Gasteiger partial charge is 0.341 e. The van der Waals surface area contributed by atoms with Crippen molar-refractivity contribution in [2.45, 2.75) is 26.3 Å². The minimum atomic E-state index is -0.134. The lowest BCUT2D eigenvalue weighted by Gasteiger charge is -2.26. The smallest absolute Gasteiger partial charge is 0.130 e. The highest BCUT2D eigenvalue weighted by molar-refractivity contribution is 5.72. The van der Waals surface area contributed by atoms with Crippen LogP contribution in [0.1, 0.15) is 31.0 Å². The van der Waals surface area contributed by atoms with Gasteiger partial charge in [-0.2, -0.15) is 0 Å². The van der Waals surface area contributed by atoms with Crippen molar-refractivity contribution >= 4 is 11.4 Å². The van der Waals surface area contributed by atoms with Gasteiger partial charge < -0.3 is 10.2 Å². The van der Waals surface area contributed by atoms with E-state index in [1.165, 1.54) is 11.3 Å². The van der Waals surface area contributed by atoms with Gasteiger partial charge in [-0.3, -0.25) is 0 Å². The molecule has 3 heteroatoms. The summed E-state index contributed by atoms with van der Waals surface area (Å²) in [6.45, 7) is 5.80. The van der Waals surface area contributed by atoms with Gasteiger partial charge in [-0.25, -0.2) is 4.39 Å². The SMILES string of the molecule is CCNC(C)c1c(F)cccc1N1CCc2ccccc21. The van der Waals surface area contributed by atoms with Crippen LogP contribution in [0, 0.1) is 5.82 Å². The van der Waals surface area contributed by atoms with E-state index in [-0.39, 0.29) is 11.9 Å². The quantitative estimate of drug-likeness (QED) is 0.905. The fourth-order valence-corrected chi connectivity index (χ4v) is 3.19. The standard InChI is InChI=1S/C18H21FN2/c1-3-20-13(2)18-15(19)8-6-10-17(18)21-12-11-14-7-4-5-9-16(14)21/h4-10,13,20H,3,11-12H2,1-2H3. The molecule has 0 bridgehead atoms. The van der Waals surface area contributed by atoms with E-state index in [1.54, 1.807) is 12.1 Å². The molecule has 1 unspecified atom stereocenters. The topological polar surface area (TPSA) is 15.3 Å². The van der Waals surface area contributed by atoms with E-state index in [1.807, 2.05) is 26.0 Å². The van der Waals surface area contributed by atoms with Gasteiger partial charge in [0.1, 0.15) is 5.82 Å². The molecular weight excluding hydrogens is 263 g/mol. The Kier molecular flexibility index (Phi) is 3.93. The van der Waals surface area contributed by atoms with Gasteiger partial charge >= 0.3 is 0 Å². The molecule has 1 heterocycles. The first-order chi connectivity index (χ1) is 10.2. The van der Waals surface area contributed by atoms with Crippen molar-refractivity contribution in [3.63, 3.8) is 0 Å². The molecule has 2 nitrogen and oxygen atoms in total. The second-order valence-electron chi connectivity index (χ2n) is 5.48. The van der Waals surface area contributed by atoms with Crippen LogP contribution in [0.3, 0.4) is 0 Å². The summed E-state index contributed by atoms with van der Waals surface area (Å²) in [6, 6.07) is 13.8. The van der Waals surface area contributed by atoms with E-state index in [0.29, 0.717) is 0 Å². The van der Waals surface area contributed by atoms with Crippen LogP contribution in [0.2, 0.25) is 0 Å². The Morgan fingerprint density at radius 1 is 1.14 bits per heavy atom. The minimum absolute atomic E-state index is 0.000961. The third-order valence-electron chi connectivity index (χ3n) is 4.15. The van der Waals surface area contributed by atoms with Crippen molar-refractivity contribution in [2.24, 2.45) is 0 Å². The predicted molar refractivity (Wildman–Crippen MR) is 85.6 cm³/mol. The molecule has 2 aromatic rings. The predicted octanol–water partition coefficient (Wildman–Crippen LogP) is 4.19. The molecule has 1 aliphatic heterocycles. The van der Waals surface area contributed by atoms with Gasteiger partial charge in [-0.15, -0.1) is 0 Å². The fraction of sp³-hybridized carbons (Fsp3) is 0.333. The molecule has 0 radical (unpaired) electrons. The van der Waals surface area contributed by atoms with Gasteiger partial charge in [0.2, 0.25) is 0 Å². The first kappa shape index (κ1) is 14.1. The lowest BCUT2D eigenvalue weighted by Crippen LogP contribution is -2.23. The van der Waals surface area contributed by atoms with Crippen LogP contribution >= 0.6 is 0 Å². The summed E-state index contributed by atoms with van der Waals surface area (Å²) in [5.74, 6) is -0.134. The summed E-state index contributed by atoms with van der Waals surface area (Å²) in [5, 5.41) is 3.32. The Labute approximate surface area is 125 Å². The van der Waals surface area contributed by atoms with Gasteiger partial charge in [0.25, 0.3) is 0 Å². The summed E-state index contributed by atoms with van der Waals surface area (Å²) >= 11 is 0. The van der Waals surface area contributed by atoms with Crippen molar-refractivity contribution in [1.29, 1.82) is 0 Å². The average Bonchev–Trinajstić information content (AvgIpc) is 2.91. The van der Waals surface area contributed by atoms with Crippen LogP contribution < -0.4 is 10.2 Å². The van der Waals surface area contributed by atoms with Crippen molar-refractivity contribution in [2.75, 3.05) is 18.0 Å². The van der Waals surface area contributed by atoms with Gasteiger partial charge in [0, 0.05) is 29.5 Å². The lowest BCUT2D eigenvalue weighted by molar-refractivity contribution is 0.541. The average molecular weight is 284 g/mol.